The van der Waals surface area contributed by atoms with Gasteiger partial charge in [-0.05, 0) is 81.8 Å². The molecule has 12 heteroatoms. The molecule has 2 amide bonds. The fourth-order valence-electron chi connectivity index (χ4n) is 9.21. The van der Waals surface area contributed by atoms with E-state index in [1.807, 2.05) is 38.1 Å². The Morgan fingerprint density at radius 3 is 2.71 bits per heavy atom. The zero-order chi connectivity index (χ0) is 34.6. The normalized spacial score (nSPS) is 30.4. The van der Waals surface area contributed by atoms with Crippen LogP contribution in [0.2, 0.25) is 0 Å². The van der Waals surface area contributed by atoms with E-state index in [2.05, 4.69) is 35.8 Å². The van der Waals surface area contributed by atoms with Crippen LogP contribution in [0, 0.1) is 23.8 Å². The monoisotopic (exact) mass is 672 g/mol. The molecule has 8 rings (SSSR count). The molecular formula is C37H49BN4O7. The summed E-state index contributed by atoms with van der Waals surface area (Å²) in [4.78, 5) is 34.7. The number of amides is 2. The van der Waals surface area contributed by atoms with Crippen LogP contribution in [0.3, 0.4) is 0 Å². The number of fused-ring (bicyclic) bond motifs is 1. The standard InChI is InChI=1S/C37H49BN4O7/c1-35(2,41-14-16-45-17-15-41)21-28(39-6)33(43)42-13-9-10-26(42)23-47-34(44)40-32(18-24-22-46-29-12-8-7-11-27(24)29)38-48-31-20-25-19-30(36(25,3)4)37(31,5)49-38/h7-8,11-12,21-22,25-26,30-32H,9-10,13-20,23H2,1-5H3,(H,40,44)/t25-,26+,30-,31+,32-,37-/m0/s1. The molecule has 2 bridgehead atoms. The molecule has 1 N–H and O–H groups in total. The van der Waals surface area contributed by atoms with Crippen LogP contribution in [-0.4, -0.2) is 97.6 Å². The van der Waals surface area contributed by atoms with Gasteiger partial charge in [0.05, 0.1) is 49.7 Å². The number of ether oxygens (including phenoxy) is 2. The molecular weight excluding hydrogens is 623 g/mol. The van der Waals surface area contributed by atoms with E-state index < -0.39 is 30.3 Å². The largest absolute Gasteiger partial charge is 0.482 e. The van der Waals surface area contributed by atoms with Crippen molar-refractivity contribution < 1.29 is 32.8 Å². The van der Waals surface area contributed by atoms with Crippen LogP contribution in [0.15, 0.2) is 46.7 Å². The number of carbonyl (C=O) groups is 2. The van der Waals surface area contributed by atoms with Gasteiger partial charge in [-0.15, -0.1) is 0 Å². The summed E-state index contributed by atoms with van der Waals surface area (Å²) in [5, 5.41) is 4.06. The maximum Gasteiger partial charge on any atom is 0.482 e. The molecule has 1 aromatic heterocycles. The third-order valence-corrected chi connectivity index (χ3v) is 12.3. The first-order valence-corrected chi connectivity index (χ1v) is 17.9. The van der Waals surface area contributed by atoms with Gasteiger partial charge in [-0.3, -0.25) is 9.69 Å². The highest BCUT2D eigenvalue weighted by molar-refractivity contribution is 6.48. The predicted molar refractivity (Wildman–Crippen MR) is 184 cm³/mol. The van der Waals surface area contributed by atoms with Crippen molar-refractivity contribution in [3.05, 3.63) is 59.3 Å². The third-order valence-electron chi connectivity index (χ3n) is 12.3. The SMILES string of the molecule is [C-]#[N+]C(=CC(C)(C)N1CCOCC1)C(=O)N1CCC[C@@H]1COC(=O)N[C@@H](Cc1coc2ccccc12)B1O[C@@H]2C[C@@H]3C[C@@H](C3(C)C)[C@]2(C)O1. The Labute approximate surface area is 289 Å². The molecule has 6 aliphatic rings. The van der Waals surface area contributed by atoms with Gasteiger partial charge in [-0.2, -0.15) is 0 Å². The first kappa shape index (κ1) is 34.1. The number of carbonyl (C=O) groups excluding carboxylic acids is 2. The fraction of sp³-hybridized carbons (Fsp3) is 0.649. The summed E-state index contributed by atoms with van der Waals surface area (Å²) >= 11 is 0. The molecule has 0 spiro atoms. The Bertz CT molecular complexity index is 1640. The number of benzene rings is 1. The van der Waals surface area contributed by atoms with Crippen LogP contribution >= 0.6 is 0 Å². The zero-order valence-corrected chi connectivity index (χ0v) is 29.4. The smallest absolute Gasteiger partial charge is 0.464 e. The second-order valence-electron chi connectivity index (χ2n) is 15.8. The minimum Gasteiger partial charge on any atom is -0.464 e. The van der Waals surface area contributed by atoms with Gasteiger partial charge >= 0.3 is 13.2 Å². The molecule has 49 heavy (non-hydrogen) atoms. The average Bonchev–Trinajstić information content (AvgIpc) is 3.82. The molecule has 3 aliphatic carbocycles. The summed E-state index contributed by atoms with van der Waals surface area (Å²) in [6, 6.07) is 7.53. The van der Waals surface area contributed by atoms with Crippen LogP contribution in [0.1, 0.15) is 65.9 Å². The summed E-state index contributed by atoms with van der Waals surface area (Å²) < 4.78 is 30.5. The molecule has 2 aromatic rings. The highest BCUT2D eigenvalue weighted by atomic mass is 16.7. The number of morpholine rings is 1. The lowest BCUT2D eigenvalue weighted by Gasteiger charge is -2.64. The Balaban J connectivity index is 1.03. The van der Waals surface area contributed by atoms with E-state index in [9.17, 15) is 9.59 Å². The van der Waals surface area contributed by atoms with Crippen molar-refractivity contribution in [2.45, 2.75) is 95.9 Å². The number of nitrogens with one attached hydrogen (secondary N) is 1. The Morgan fingerprint density at radius 2 is 1.96 bits per heavy atom. The summed E-state index contributed by atoms with van der Waals surface area (Å²) in [5.41, 5.74) is 1.10. The number of hydrogen-bond acceptors (Lipinski definition) is 8. The van der Waals surface area contributed by atoms with Gasteiger partial charge in [0.15, 0.2) is 0 Å². The first-order valence-electron chi connectivity index (χ1n) is 17.9. The van der Waals surface area contributed by atoms with Crippen molar-refractivity contribution in [3.8, 4) is 0 Å². The van der Waals surface area contributed by atoms with Crippen molar-refractivity contribution in [1.82, 2.24) is 15.1 Å². The van der Waals surface area contributed by atoms with E-state index >= 15 is 0 Å². The molecule has 11 nitrogen and oxygen atoms in total. The van der Waals surface area contributed by atoms with Gasteiger partial charge in [0, 0.05) is 30.6 Å². The van der Waals surface area contributed by atoms with Gasteiger partial charge in [-0.25, -0.2) is 9.64 Å². The second kappa shape index (κ2) is 13.1. The summed E-state index contributed by atoms with van der Waals surface area (Å²) in [5.74, 6) is 0.137. The van der Waals surface area contributed by atoms with Gasteiger partial charge in [0.2, 0.25) is 5.70 Å². The Kier molecular flexibility index (Phi) is 9.10. The minimum absolute atomic E-state index is 0.0295. The molecule has 6 atom stereocenters. The van der Waals surface area contributed by atoms with E-state index in [1.165, 1.54) is 0 Å². The lowest BCUT2D eigenvalue weighted by atomic mass is 9.43. The molecule has 3 saturated heterocycles. The van der Waals surface area contributed by atoms with Crippen LogP contribution < -0.4 is 5.32 Å². The van der Waals surface area contributed by atoms with Crippen molar-refractivity contribution in [2.24, 2.45) is 17.3 Å². The van der Waals surface area contributed by atoms with E-state index in [0.29, 0.717) is 44.4 Å². The van der Waals surface area contributed by atoms with Crippen molar-refractivity contribution in [3.63, 3.8) is 0 Å². The molecule has 3 aliphatic heterocycles. The molecule has 262 valence electrons. The minimum atomic E-state index is -0.655. The summed E-state index contributed by atoms with van der Waals surface area (Å²) in [6.07, 6.45) is 6.85. The topological polar surface area (TPSA) is 107 Å². The Morgan fingerprint density at radius 1 is 1.18 bits per heavy atom. The van der Waals surface area contributed by atoms with Crippen molar-refractivity contribution >= 4 is 30.1 Å². The number of hydrogen-bond donors (Lipinski definition) is 1. The van der Waals surface area contributed by atoms with Gasteiger partial charge in [0.25, 0.3) is 5.91 Å². The van der Waals surface area contributed by atoms with E-state index in [1.54, 1.807) is 17.2 Å². The molecule has 4 heterocycles. The maximum absolute atomic E-state index is 13.7. The van der Waals surface area contributed by atoms with Gasteiger partial charge in [-0.1, -0.05) is 38.1 Å². The highest BCUT2D eigenvalue weighted by Crippen LogP contribution is 2.65. The summed E-state index contributed by atoms with van der Waals surface area (Å²) in [6.45, 7) is 22.0. The number of para-hydroxylation sites is 1. The number of rotatable bonds is 9. The zero-order valence-electron chi connectivity index (χ0n) is 29.4. The van der Waals surface area contributed by atoms with Crippen LogP contribution in [0.4, 0.5) is 4.79 Å². The number of likely N-dealkylation sites (tertiary alicyclic amines) is 1. The second-order valence-corrected chi connectivity index (χ2v) is 15.8. The quantitative estimate of drug-likeness (QED) is 0.219. The third kappa shape index (κ3) is 6.28. The van der Waals surface area contributed by atoms with E-state index in [0.717, 1.165) is 48.9 Å². The van der Waals surface area contributed by atoms with Gasteiger partial charge < -0.3 is 33.4 Å². The average molecular weight is 673 g/mol. The number of nitrogens with zero attached hydrogens (tertiary/aromatic N) is 3. The Hall–Kier alpha value is -3.37. The van der Waals surface area contributed by atoms with Crippen LogP contribution in [0.5, 0.6) is 0 Å². The highest BCUT2D eigenvalue weighted by Gasteiger charge is 2.68. The predicted octanol–water partition coefficient (Wildman–Crippen LogP) is 5.24. The number of furan rings is 1. The van der Waals surface area contributed by atoms with E-state index in [-0.39, 0.29) is 35.8 Å². The van der Waals surface area contributed by atoms with Crippen LogP contribution in [-0.2, 0) is 30.0 Å². The first-order chi connectivity index (χ1) is 23.4. The molecule has 0 unspecified atom stereocenters. The van der Waals surface area contributed by atoms with Crippen molar-refractivity contribution in [2.75, 3.05) is 39.5 Å². The lowest BCUT2D eigenvalue weighted by Crippen LogP contribution is -2.65. The van der Waals surface area contributed by atoms with E-state index in [4.69, 9.17) is 29.8 Å². The fourth-order valence-corrected chi connectivity index (χ4v) is 9.21. The molecule has 0 radical (unpaired) electrons. The van der Waals surface area contributed by atoms with Crippen molar-refractivity contribution in [1.29, 1.82) is 0 Å². The van der Waals surface area contributed by atoms with Crippen LogP contribution in [0.25, 0.3) is 15.8 Å². The lowest BCUT2D eigenvalue weighted by molar-refractivity contribution is -0.199. The van der Waals surface area contributed by atoms with Gasteiger partial charge in [0.1, 0.15) is 12.2 Å². The molecule has 3 saturated carbocycles. The summed E-state index contributed by atoms with van der Waals surface area (Å²) in [7, 11) is -0.655. The molecule has 6 fully saturated rings. The molecule has 1 aromatic carbocycles. The maximum atomic E-state index is 13.7. The number of alkyl carbamates (subject to hydrolysis) is 1.